The highest BCUT2D eigenvalue weighted by molar-refractivity contribution is 7.90. The molecule has 0 bridgehead atoms. The van der Waals surface area contributed by atoms with Crippen molar-refractivity contribution in [3.05, 3.63) is 76.1 Å². The predicted octanol–water partition coefficient (Wildman–Crippen LogP) is 2.69. The SMILES string of the molecule is CC(NC(=O)c1cc2ccccc2oc1=O)c1ccc(S(C)(=O)=O)cc1. The van der Waals surface area contributed by atoms with Crippen LogP contribution in [0, 0.1) is 0 Å². The number of nitrogens with one attached hydrogen (secondary N) is 1. The van der Waals surface area contributed by atoms with E-state index in [9.17, 15) is 18.0 Å². The lowest BCUT2D eigenvalue weighted by atomic mass is 10.1. The lowest BCUT2D eigenvalue weighted by Crippen LogP contribution is -2.30. The number of sulfone groups is 1. The first kappa shape index (κ1) is 17.9. The highest BCUT2D eigenvalue weighted by Gasteiger charge is 2.17. The summed E-state index contributed by atoms with van der Waals surface area (Å²) in [5.41, 5.74) is 0.346. The molecular weight excluding hydrogens is 354 g/mol. The van der Waals surface area contributed by atoms with Gasteiger partial charge >= 0.3 is 5.63 Å². The zero-order chi connectivity index (χ0) is 18.9. The molecule has 0 radical (unpaired) electrons. The minimum Gasteiger partial charge on any atom is -0.422 e. The Morgan fingerprint density at radius 2 is 1.73 bits per heavy atom. The summed E-state index contributed by atoms with van der Waals surface area (Å²) in [6.45, 7) is 1.75. The predicted molar refractivity (Wildman–Crippen MR) is 97.9 cm³/mol. The molecule has 0 saturated heterocycles. The normalized spacial score (nSPS) is 12.7. The van der Waals surface area contributed by atoms with Gasteiger partial charge in [-0.25, -0.2) is 13.2 Å². The van der Waals surface area contributed by atoms with E-state index in [0.717, 1.165) is 11.8 Å². The van der Waals surface area contributed by atoms with Crippen LogP contribution in [0.15, 0.2) is 68.7 Å². The highest BCUT2D eigenvalue weighted by atomic mass is 32.2. The van der Waals surface area contributed by atoms with Crippen molar-refractivity contribution in [2.75, 3.05) is 6.26 Å². The van der Waals surface area contributed by atoms with Crippen molar-refractivity contribution < 1.29 is 17.6 Å². The lowest BCUT2D eigenvalue weighted by Gasteiger charge is -2.14. The van der Waals surface area contributed by atoms with Gasteiger partial charge < -0.3 is 9.73 Å². The molecule has 6 nitrogen and oxygen atoms in total. The molecule has 1 N–H and O–H groups in total. The Morgan fingerprint density at radius 1 is 1.08 bits per heavy atom. The third kappa shape index (κ3) is 3.67. The van der Waals surface area contributed by atoms with Crippen molar-refractivity contribution in [2.45, 2.75) is 17.9 Å². The van der Waals surface area contributed by atoms with Gasteiger partial charge in [0.25, 0.3) is 5.91 Å². The number of rotatable bonds is 4. The molecule has 1 aromatic heterocycles. The van der Waals surface area contributed by atoms with Crippen LogP contribution in [0.5, 0.6) is 0 Å². The molecule has 7 heteroatoms. The van der Waals surface area contributed by atoms with Gasteiger partial charge in [-0.15, -0.1) is 0 Å². The van der Waals surface area contributed by atoms with Gasteiger partial charge in [-0.1, -0.05) is 30.3 Å². The van der Waals surface area contributed by atoms with Crippen LogP contribution in [0.4, 0.5) is 0 Å². The zero-order valence-corrected chi connectivity index (χ0v) is 15.0. The standard InChI is InChI=1S/C19H17NO5S/c1-12(13-7-9-15(10-8-13)26(2,23)24)20-18(21)16-11-14-5-3-4-6-17(14)25-19(16)22/h3-12H,1-2H3,(H,20,21). The smallest absolute Gasteiger partial charge is 0.349 e. The van der Waals surface area contributed by atoms with Gasteiger partial charge in [-0.05, 0) is 36.8 Å². The Kier molecular flexibility index (Phi) is 4.65. The van der Waals surface area contributed by atoms with Gasteiger partial charge in [-0.2, -0.15) is 0 Å². The van der Waals surface area contributed by atoms with Crippen LogP contribution in [-0.4, -0.2) is 20.6 Å². The second-order valence-corrected chi connectivity index (χ2v) is 8.04. The van der Waals surface area contributed by atoms with Crippen LogP contribution < -0.4 is 10.9 Å². The molecule has 1 heterocycles. The van der Waals surface area contributed by atoms with Crippen LogP contribution in [0.3, 0.4) is 0 Å². The summed E-state index contributed by atoms with van der Waals surface area (Å²) in [5.74, 6) is -0.552. The van der Waals surface area contributed by atoms with Crippen molar-refractivity contribution in [3.8, 4) is 0 Å². The average molecular weight is 371 g/mol. The summed E-state index contributed by atoms with van der Waals surface area (Å²) < 4.78 is 28.2. The number of benzene rings is 2. The fourth-order valence-electron chi connectivity index (χ4n) is 2.58. The summed E-state index contributed by atoms with van der Waals surface area (Å²) >= 11 is 0. The van der Waals surface area contributed by atoms with E-state index in [1.807, 2.05) is 0 Å². The van der Waals surface area contributed by atoms with Crippen LogP contribution in [0.1, 0.15) is 28.9 Å². The van der Waals surface area contributed by atoms with E-state index in [-0.39, 0.29) is 10.5 Å². The van der Waals surface area contributed by atoms with Gasteiger partial charge in [0.2, 0.25) is 0 Å². The minimum absolute atomic E-state index is 0.0803. The summed E-state index contributed by atoms with van der Waals surface area (Å²) in [7, 11) is -3.28. The molecule has 0 aliphatic carbocycles. The number of hydrogen-bond donors (Lipinski definition) is 1. The maximum atomic E-state index is 12.5. The molecule has 0 saturated carbocycles. The Labute approximate surface area is 150 Å². The number of carbonyl (C=O) groups excluding carboxylic acids is 1. The van der Waals surface area contributed by atoms with Crippen molar-refractivity contribution in [1.82, 2.24) is 5.32 Å². The molecular formula is C19H17NO5S. The minimum atomic E-state index is -3.28. The van der Waals surface area contributed by atoms with Gasteiger partial charge in [0, 0.05) is 11.6 Å². The van der Waals surface area contributed by atoms with Crippen molar-refractivity contribution in [1.29, 1.82) is 0 Å². The molecule has 2 aromatic carbocycles. The van der Waals surface area contributed by atoms with E-state index in [4.69, 9.17) is 4.42 Å². The summed E-state index contributed by atoms with van der Waals surface area (Å²) in [6.07, 6.45) is 1.13. The quantitative estimate of drug-likeness (QED) is 0.712. The largest absolute Gasteiger partial charge is 0.422 e. The van der Waals surface area contributed by atoms with E-state index in [1.54, 1.807) is 43.3 Å². The molecule has 134 valence electrons. The molecule has 0 spiro atoms. The Bertz CT molecular complexity index is 1130. The zero-order valence-electron chi connectivity index (χ0n) is 14.2. The molecule has 0 aliphatic heterocycles. The number of carbonyl (C=O) groups is 1. The molecule has 0 fully saturated rings. The first-order valence-electron chi connectivity index (χ1n) is 7.89. The van der Waals surface area contributed by atoms with Crippen LogP contribution in [0.25, 0.3) is 11.0 Å². The molecule has 1 atom stereocenters. The Hall–Kier alpha value is -2.93. The molecule has 0 aliphatic rings. The van der Waals surface area contributed by atoms with Crippen LogP contribution >= 0.6 is 0 Å². The second-order valence-electron chi connectivity index (χ2n) is 6.02. The third-order valence-electron chi connectivity index (χ3n) is 4.04. The Morgan fingerprint density at radius 3 is 2.38 bits per heavy atom. The van der Waals surface area contributed by atoms with E-state index in [2.05, 4.69) is 5.32 Å². The maximum Gasteiger partial charge on any atom is 0.349 e. The number of hydrogen-bond acceptors (Lipinski definition) is 5. The number of fused-ring (bicyclic) bond motifs is 1. The first-order chi connectivity index (χ1) is 12.3. The van der Waals surface area contributed by atoms with Crippen molar-refractivity contribution in [2.24, 2.45) is 0 Å². The van der Waals surface area contributed by atoms with E-state index >= 15 is 0 Å². The first-order valence-corrected chi connectivity index (χ1v) is 9.78. The van der Waals surface area contributed by atoms with Crippen molar-refractivity contribution in [3.63, 3.8) is 0 Å². The molecule has 3 aromatic rings. The fourth-order valence-corrected chi connectivity index (χ4v) is 3.21. The highest BCUT2D eigenvalue weighted by Crippen LogP contribution is 2.17. The third-order valence-corrected chi connectivity index (χ3v) is 5.17. The number of para-hydroxylation sites is 1. The number of amides is 1. The monoisotopic (exact) mass is 371 g/mol. The molecule has 26 heavy (non-hydrogen) atoms. The van der Waals surface area contributed by atoms with Gasteiger partial charge in [0.15, 0.2) is 9.84 Å². The topological polar surface area (TPSA) is 93.4 Å². The molecule has 1 unspecified atom stereocenters. The van der Waals surface area contributed by atoms with Gasteiger partial charge in [0.1, 0.15) is 11.1 Å². The second kappa shape index (κ2) is 6.76. The van der Waals surface area contributed by atoms with Crippen molar-refractivity contribution >= 4 is 26.7 Å². The Balaban J connectivity index is 1.83. The van der Waals surface area contributed by atoms with E-state index < -0.39 is 27.4 Å². The van der Waals surface area contributed by atoms with Crippen LogP contribution in [-0.2, 0) is 9.84 Å². The summed E-state index contributed by atoms with van der Waals surface area (Å²) in [5, 5.41) is 3.38. The molecule has 3 rings (SSSR count). The van der Waals surface area contributed by atoms with Gasteiger partial charge in [0.05, 0.1) is 10.9 Å². The summed E-state index contributed by atoms with van der Waals surface area (Å²) in [6, 6.07) is 14.2. The summed E-state index contributed by atoms with van der Waals surface area (Å²) in [4.78, 5) is 24.7. The molecule has 1 amide bonds. The lowest BCUT2D eigenvalue weighted by molar-refractivity contribution is 0.0936. The van der Waals surface area contributed by atoms with Gasteiger partial charge in [-0.3, -0.25) is 4.79 Å². The van der Waals surface area contributed by atoms with Crippen LogP contribution in [0.2, 0.25) is 0 Å². The maximum absolute atomic E-state index is 12.5. The van der Waals surface area contributed by atoms with E-state index in [0.29, 0.717) is 11.0 Å². The van der Waals surface area contributed by atoms with E-state index in [1.165, 1.54) is 18.2 Å². The average Bonchev–Trinajstić information content (AvgIpc) is 2.60. The fraction of sp³-hybridized carbons (Fsp3) is 0.158.